The van der Waals surface area contributed by atoms with Crippen molar-refractivity contribution >= 4 is 0 Å². The standard InChI is InChI=1S/C13H25N3O2/c1-8(2)10(5)11-15-12(16-18-11)13(6,14)7-17-9(3)4/h8-10H,7,14H2,1-6H3. The van der Waals surface area contributed by atoms with Crippen LogP contribution < -0.4 is 5.73 Å². The summed E-state index contributed by atoms with van der Waals surface area (Å²) < 4.78 is 10.8. The van der Waals surface area contributed by atoms with Gasteiger partial charge < -0.3 is 15.0 Å². The van der Waals surface area contributed by atoms with E-state index in [9.17, 15) is 0 Å². The summed E-state index contributed by atoms with van der Waals surface area (Å²) in [5.74, 6) is 1.83. The molecule has 2 unspecified atom stereocenters. The Kier molecular flexibility index (Phi) is 4.87. The molecule has 1 aromatic heterocycles. The van der Waals surface area contributed by atoms with E-state index in [1.54, 1.807) is 0 Å². The molecular formula is C13H25N3O2. The first-order chi connectivity index (χ1) is 8.24. The van der Waals surface area contributed by atoms with Crippen LogP contribution in [0.4, 0.5) is 0 Å². The molecule has 104 valence electrons. The molecule has 18 heavy (non-hydrogen) atoms. The fraction of sp³-hybridized carbons (Fsp3) is 0.846. The van der Waals surface area contributed by atoms with Crippen LogP contribution in [0.15, 0.2) is 4.52 Å². The van der Waals surface area contributed by atoms with Gasteiger partial charge in [0.05, 0.1) is 12.7 Å². The minimum atomic E-state index is -0.720. The predicted octanol–water partition coefficient (Wildman–Crippen LogP) is 2.43. The number of nitrogens with zero attached hydrogens (tertiary/aromatic N) is 2. The maximum atomic E-state index is 6.17. The molecule has 0 amide bonds. The van der Waals surface area contributed by atoms with E-state index in [2.05, 4.69) is 30.9 Å². The van der Waals surface area contributed by atoms with Crippen molar-refractivity contribution in [2.24, 2.45) is 11.7 Å². The topological polar surface area (TPSA) is 74.2 Å². The van der Waals surface area contributed by atoms with Crippen LogP contribution in [0, 0.1) is 5.92 Å². The Balaban J connectivity index is 2.77. The van der Waals surface area contributed by atoms with E-state index in [1.807, 2.05) is 20.8 Å². The molecule has 0 aliphatic carbocycles. The first-order valence-electron chi connectivity index (χ1n) is 6.48. The van der Waals surface area contributed by atoms with E-state index < -0.39 is 5.54 Å². The van der Waals surface area contributed by atoms with Gasteiger partial charge in [-0.15, -0.1) is 0 Å². The van der Waals surface area contributed by atoms with Crippen molar-refractivity contribution in [1.29, 1.82) is 0 Å². The van der Waals surface area contributed by atoms with Crippen molar-refractivity contribution in [3.63, 3.8) is 0 Å². The second-order valence-electron chi connectivity index (χ2n) is 5.77. The fourth-order valence-electron chi connectivity index (χ4n) is 1.34. The van der Waals surface area contributed by atoms with Crippen LogP contribution in [0.2, 0.25) is 0 Å². The molecule has 5 nitrogen and oxygen atoms in total. The summed E-state index contributed by atoms with van der Waals surface area (Å²) in [7, 11) is 0. The second-order valence-corrected chi connectivity index (χ2v) is 5.77. The zero-order valence-corrected chi connectivity index (χ0v) is 12.2. The molecule has 1 aromatic rings. The van der Waals surface area contributed by atoms with Crippen molar-refractivity contribution in [2.75, 3.05) is 6.61 Å². The van der Waals surface area contributed by atoms with Crippen LogP contribution in [0.25, 0.3) is 0 Å². The number of ether oxygens (including phenoxy) is 1. The molecule has 0 aliphatic heterocycles. The van der Waals surface area contributed by atoms with Crippen molar-refractivity contribution in [3.8, 4) is 0 Å². The Labute approximate surface area is 109 Å². The molecule has 0 radical (unpaired) electrons. The number of aromatic nitrogens is 2. The van der Waals surface area contributed by atoms with Gasteiger partial charge in [-0.05, 0) is 26.7 Å². The summed E-state index contributed by atoms with van der Waals surface area (Å²) in [6.45, 7) is 12.5. The number of hydrogen-bond acceptors (Lipinski definition) is 5. The van der Waals surface area contributed by atoms with E-state index in [-0.39, 0.29) is 12.0 Å². The van der Waals surface area contributed by atoms with Gasteiger partial charge in [-0.1, -0.05) is 25.9 Å². The summed E-state index contributed by atoms with van der Waals surface area (Å²) in [4.78, 5) is 4.40. The summed E-state index contributed by atoms with van der Waals surface area (Å²) in [6, 6.07) is 0. The van der Waals surface area contributed by atoms with E-state index in [0.717, 1.165) is 0 Å². The highest BCUT2D eigenvalue weighted by molar-refractivity contribution is 5.04. The maximum Gasteiger partial charge on any atom is 0.229 e. The Hall–Kier alpha value is -0.940. The van der Waals surface area contributed by atoms with Gasteiger partial charge >= 0.3 is 0 Å². The SMILES string of the molecule is CC(C)OCC(C)(N)c1noc(C(C)C(C)C)n1. The fourth-order valence-corrected chi connectivity index (χ4v) is 1.34. The highest BCUT2D eigenvalue weighted by Gasteiger charge is 2.29. The smallest absolute Gasteiger partial charge is 0.229 e. The monoisotopic (exact) mass is 255 g/mol. The third-order valence-corrected chi connectivity index (χ3v) is 3.06. The molecule has 0 aliphatic rings. The molecule has 0 fully saturated rings. The lowest BCUT2D eigenvalue weighted by Gasteiger charge is -2.21. The zero-order valence-electron chi connectivity index (χ0n) is 12.2. The lowest BCUT2D eigenvalue weighted by molar-refractivity contribution is 0.0410. The zero-order chi connectivity index (χ0) is 13.9. The van der Waals surface area contributed by atoms with E-state index in [0.29, 0.717) is 24.2 Å². The normalized spacial score (nSPS) is 17.2. The van der Waals surface area contributed by atoms with Crippen LogP contribution in [0.3, 0.4) is 0 Å². The number of nitrogens with two attached hydrogens (primary N) is 1. The molecule has 0 spiro atoms. The van der Waals surface area contributed by atoms with Crippen molar-refractivity contribution in [2.45, 2.75) is 59.1 Å². The largest absolute Gasteiger partial charge is 0.376 e. The Morgan fingerprint density at radius 2 is 1.89 bits per heavy atom. The maximum absolute atomic E-state index is 6.17. The average Bonchev–Trinajstić information content (AvgIpc) is 2.75. The second kappa shape index (κ2) is 5.80. The molecule has 2 N–H and O–H groups in total. The Morgan fingerprint density at radius 3 is 2.39 bits per heavy atom. The minimum Gasteiger partial charge on any atom is -0.376 e. The predicted molar refractivity (Wildman–Crippen MR) is 70.2 cm³/mol. The first-order valence-corrected chi connectivity index (χ1v) is 6.48. The average molecular weight is 255 g/mol. The lowest BCUT2D eigenvalue weighted by Crippen LogP contribution is -2.40. The van der Waals surface area contributed by atoms with Crippen LogP contribution in [-0.2, 0) is 10.3 Å². The van der Waals surface area contributed by atoms with Crippen LogP contribution in [0.5, 0.6) is 0 Å². The summed E-state index contributed by atoms with van der Waals surface area (Å²) in [5, 5.41) is 3.98. The van der Waals surface area contributed by atoms with Crippen molar-refractivity contribution < 1.29 is 9.26 Å². The van der Waals surface area contributed by atoms with Crippen LogP contribution >= 0.6 is 0 Å². The van der Waals surface area contributed by atoms with Gasteiger partial charge in [0.2, 0.25) is 5.89 Å². The molecule has 0 saturated carbocycles. The quantitative estimate of drug-likeness (QED) is 0.845. The highest BCUT2D eigenvalue weighted by Crippen LogP contribution is 2.24. The van der Waals surface area contributed by atoms with Gasteiger partial charge in [0.1, 0.15) is 5.54 Å². The molecule has 2 atom stereocenters. The van der Waals surface area contributed by atoms with Gasteiger partial charge in [-0.3, -0.25) is 0 Å². The van der Waals surface area contributed by atoms with Crippen LogP contribution in [0.1, 0.15) is 59.2 Å². The minimum absolute atomic E-state index is 0.133. The molecule has 0 bridgehead atoms. The first kappa shape index (κ1) is 15.1. The summed E-state index contributed by atoms with van der Waals surface area (Å²) >= 11 is 0. The Morgan fingerprint density at radius 1 is 1.28 bits per heavy atom. The summed E-state index contributed by atoms with van der Waals surface area (Å²) in [6.07, 6.45) is 0.133. The van der Waals surface area contributed by atoms with Crippen molar-refractivity contribution in [3.05, 3.63) is 11.7 Å². The third-order valence-electron chi connectivity index (χ3n) is 3.06. The highest BCUT2D eigenvalue weighted by atomic mass is 16.5. The van der Waals surface area contributed by atoms with Gasteiger partial charge in [-0.2, -0.15) is 4.98 Å². The number of rotatable bonds is 6. The third kappa shape index (κ3) is 3.78. The van der Waals surface area contributed by atoms with Crippen molar-refractivity contribution in [1.82, 2.24) is 10.1 Å². The molecular weight excluding hydrogens is 230 g/mol. The van der Waals surface area contributed by atoms with Gasteiger partial charge in [0.25, 0.3) is 0 Å². The van der Waals surface area contributed by atoms with Gasteiger partial charge in [0.15, 0.2) is 5.82 Å². The lowest BCUT2D eigenvalue weighted by atomic mass is 9.98. The van der Waals surface area contributed by atoms with Gasteiger partial charge in [0, 0.05) is 5.92 Å². The molecule has 5 heteroatoms. The van der Waals surface area contributed by atoms with Crippen LogP contribution in [-0.4, -0.2) is 22.9 Å². The van der Waals surface area contributed by atoms with E-state index >= 15 is 0 Å². The van der Waals surface area contributed by atoms with Gasteiger partial charge in [-0.25, -0.2) is 0 Å². The van der Waals surface area contributed by atoms with E-state index in [1.165, 1.54) is 0 Å². The summed E-state index contributed by atoms with van der Waals surface area (Å²) in [5.41, 5.74) is 5.45. The van der Waals surface area contributed by atoms with E-state index in [4.69, 9.17) is 15.0 Å². The Bertz CT molecular complexity index is 372. The molecule has 1 rings (SSSR count). The number of hydrogen-bond donors (Lipinski definition) is 1. The molecule has 0 aromatic carbocycles. The molecule has 1 heterocycles. The molecule has 0 saturated heterocycles.